The van der Waals surface area contributed by atoms with Gasteiger partial charge < -0.3 is 0 Å². The molecule has 0 bridgehead atoms. The lowest BCUT2D eigenvalue weighted by Crippen LogP contribution is -2.25. The van der Waals surface area contributed by atoms with Gasteiger partial charge in [-0.05, 0) is 44.0 Å². The molecule has 5 nitrogen and oxygen atoms in total. The predicted molar refractivity (Wildman–Crippen MR) is 87.5 cm³/mol. The van der Waals surface area contributed by atoms with Crippen LogP contribution in [0.1, 0.15) is 16.8 Å². The fourth-order valence-corrected chi connectivity index (χ4v) is 2.52. The molecule has 0 unspecified atom stereocenters. The molecule has 0 spiro atoms. The summed E-state index contributed by atoms with van der Waals surface area (Å²) >= 11 is 0. The molecule has 1 aromatic carbocycles. The summed E-state index contributed by atoms with van der Waals surface area (Å²) in [5, 5.41) is 9.49. The maximum atomic E-state index is 12.7. The van der Waals surface area contributed by atoms with Gasteiger partial charge in [0.2, 0.25) is 0 Å². The Bertz CT molecular complexity index is 934. The van der Waals surface area contributed by atoms with Crippen molar-refractivity contribution in [3.05, 3.63) is 64.2 Å². The monoisotopic (exact) mass is 294 g/mol. The maximum Gasteiger partial charge on any atom is 0.293 e. The number of aryl methyl sites for hydroxylation is 3. The third-order valence-corrected chi connectivity index (χ3v) is 3.90. The van der Waals surface area contributed by atoms with Crippen molar-refractivity contribution in [1.82, 2.24) is 19.6 Å². The molecule has 0 fully saturated rings. The molecule has 0 atom stereocenters. The lowest BCUT2D eigenvalue weighted by atomic mass is 10.1. The fraction of sp³-hybridized carbons (Fsp3) is 0.235. The molecule has 0 amide bonds. The van der Waals surface area contributed by atoms with Crippen LogP contribution in [-0.2, 0) is 6.54 Å². The topological polar surface area (TPSA) is 52.7 Å². The second-order valence-electron chi connectivity index (χ2n) is 5.45. The zero-order valence-electron chi connectivity index (χ0n) is 13.0. The molecule has 0 saturated carbocycles. The van der Waals surface area contributed by atoms with Crippen molar-refractivity contribution in [3.63, 3.8) is 0 Å². The molecule has 2 aromatic heterocycles. The molecule has 5 heteroatoms. The summed E-state index contributed by atoms with van der Waals surface area (Å²) in [5.41, 5.74) is 4.44. The molecule has 22 heavy (non-hydrogen) atoms. The van der Waals surface area contributed by atoms with Crippen LogP contribution in [0.3, 0.4) is 0 Å². The first kappa shape index (κ1) is 14.3. The van der Waals surface area contributed by atoms with Gasteiger partial charge >= 0.3 is 0 Å². The molecule has 0 saturated heterocycles. The summed E-state index contributed by atoms with van der Waals surface area (Å²) in [6.45, 7) is 10.0. The van der Waals surface area contributed by atoms with Gasteiger partial charge in [-0.2, -0.15) is 10.2 Å². The minimum Gasteiger partial charge on any atom is -0.265 e. The average molecular weight is 294 g/mol. The van der Waals surface area contributed by atoms with Crippen molar-refractivity contribution in [2.24, 2.45) is 0 Å². The van der Waals surface area contributed by atoms with Crippen molar-refractivity contribution in [2.45, 2.75) is 27.3 Å². The van der Waals surface area contributed by atoms with Gasteiger partial charge in [0, 0.05) is 5.39 Å². The zero-order valence-corrected chi connectivity index (χ0v) is 13.0. The normalized spacial score (nSPS) is 11.0. The van der Waals surface area contributed by atoms with E-state index in [1.807, 2.05) is 32.0 Å². The van der Waals surface area contributed by atoms with Gasteiger partial charge in [0.05, 0.1) is 24.1 Å². The Kier molecular flexibility index (Phi) is 3.41. The summed E-state index contributed by atoms with van der Waals surface area (Å²) in [5.74, 6) is 0. The Balaban J connectivity index is 2.33. The summed E-state index contributed by atoms with van der Waals surface area (Å²) in [6.07, 6.45) is 3.36. The number of benzene rings is 1. The van der Waals surface area contributed by atoms with Crippen molar-refractivity contribution in [3.8, 4) is 5.69 Å². The Morgan fingerprint density at radius 1 is 1.23 bits per heavy atom. The predicted octanol–water partition coefficient (Wildman–Crippen LogP) is 2.69. The number of hydrogen-bond acceptors (Lipinski definition) is 3. The Morgan fingerprint density at radius 3 is 2.68 bits per heavy atom. The lowest BCUT2D eigenvalue weighted by molar-refractivity contribution is 0.647. The van der Waals surface area contributed by atoms with E-state index in [1.54, 1.807) is 17.0 Å². The van der Waals surface area contributed by atoms with E-state index in [9.17, 15) is 4.79 Å². The third kappa shape index (κ3) is 2.15. The van der Waals surface area contributed by atoms with Gasteiger partial charge in [-0.1, -0.05) is 12.1 Å². The van der Waals surface area contributed by atoms with Crippen LogP contribution in [0.5, 0.6) is 0 Å². The molecular weight excluding hydrogens is 276 g/mol. The van der Waals surface area contributed by atoms with Crippen LogP contribution in [-0.4, -0.2) is 19.6 Å². The van der Waals surface area contributed by atoms with E-state index in [0.29, 0.717) is 12.1 Å². The van der Waals surface area contributed by atoms with Gasteiger partial charge in [-0.3, -0.25) is 4.79 Å². The van der Waals surface area contributed by atoms with Gasteiger partial charge in [-0.15, -0.1) is 6.58 Å². The number of hydrogen-bond donors (Lipinski definition) is 0. The number of nitrogens with zero attached hydrogens (tertiary/aromatic N) is 4. The summed E-state index contributed by atoms with van der Waals surface area (Å²) in [6, 6.07) is 6.05. The first-order valence-electron chi connectivity index (χ1n) is 7.17. The third-order valence-electron chi connectivity index (χ3n) is 3.90. The van der Waals surface area contributed by atoms with E-state index in [4.69, 9.17) is 0 Å². The molecule has 2 heterocycles. The van der Waals surface area contributed by atoms with Crippen molar-refractivity contribution in [1.29, 1.82) is 0 Å². The smallest absolute Gasteiger partial charge is 0.265 e. The van der Waals surface area contributed by atoms with E-state index in [0.717, 1.165) is 16.8 Å². The van der Waals surface area contributed by atoms with Crippen LogP contribution in [0, 0.1) is 20.8 Å². The van der Waals surface area contributed by atoms with Gasteiger partial charge in [0.1, 0.15) is 5.52 Å². The lowest BCUT2D eigenvalue weighted by Gasteiger charge is -2.08. The van der Waals surface area contributed by atoms with Crippen molar-refractivity contribution < 1.29 is 0 Å². The number of allylic oxidation sites excluding steroid dienone is 1. The number of rotatable bonds is 3. The quantitative estimate of drug-likeness (QED) is 0.698. The van der Waals surface area contributed by atoms with Crippen LogP contribution >= 0.6 is 0 Å². The van der Waals surface area contributed by atoms with Crippen LogP contribution in [0.15, 0.2) is 41.8 Å². The molecule has 112 valence electrons. The molecule has 0 aliphatic heterocycles. The van der Waals surface area contributed by atoms with E-state index in [2.05, 4.69) is 23.7 Å². The van der Waals surface area contributed by atoms with Crippen LogP contribution in [0.25, 0.3) is 16.6 Å². The minimum atomic E-state index is -0.156. The maximum absolute atomic E-state index is 12.7. The highest BCUT2D eigenvalue weighted by Gasteiger charge is 2.14. The van der Waals surface area contributed by atoms with Crippen LogP contribution in [0.4, 0.5) is 0 Å². The van der Waals surface area contributed by atoms with E-state index < -0.39 is 0 Å². The summed E-state index contributed by atoms with van der Waals surface area (Å²) in [4.78, 5) is 12.7. The second-order valence-corrected chi connectivity index (χ2v) is 5.45. The molecular formula is C17H18N4O. The molecule has 0 aliphatic carbocycles. The minimum absolute atomic E-state index is 0.156. The highest BCUT2D eigenvalue weighted by Crippen LogP contribution is 2.19. The molecule has 0 radical (unpaired) electrons. The van der Waals surface area contributed by atoms with Gasteiger partial charge in [0.25, 0.3) is 5.56 Å². The standard InChI is InChI=1S/C17H18N4O/c1-5-8-20-17(22)16-15(13(4)19-20)10-18-21(16)14-7-6-11(2)12(3)9-14/h5-7,9-10H,1,8H2,2-4H3. The summed E-state index contributed by atoms with van der Waals surface area (Å²) < 4.78 is 3.11. The molecule has 3 aromatic rings. The second kappa shape index (κ2) is 5.26. The largest absolute Gasteiger partial charge is 0.293 e. The fourth-order valence-electron chi connectivity index (χ4n) is 2.52. The summed E-state index contributed by atoms with van der Waals surface area (Å²) in [7, 11) is 0. The highest BCUT2D eigenvalue weighted by atomic mass is 16.1. The SMILES string of the molecule is C=CCn1nc(C)c2cnn(-c3ccc(C)c(C)c3)c2c1=O. The van der Waals surface area contributed by atoms with Gasteiger partial charge in [-0.25, -0.2) is 9.36 Å². The Morgan fingerprint density at radius 2 is 2.00 bits per heavy atom. The average Bonchev–Trinajstić information content (AvgIpc) is 2.93. The first-order chi connectivity index (χ1) is 10.5. The highest BCUT2D eigenvalue weighted by molar-refractivity contribution is 5.81. The van der Waals surface area contributed by atoms with Crippen LogP contribution < -0.4 is 5.56 Å². The zero-order chi connectivity index (χ0) is 15.9. The molecule has 3 rings (SSSR count). The van der Waals surface area contributed by atoms with Gasteiger partial charge in [0.15, 0.2) is 0 Å². The number of fused-ring (bicyclic) bond motifs is 1. The van der Waals surface area contributed by atoms with E-state index >= 15 is 0 Å². The Hall–Kier alpha value is -2.69. The Labute approximate surface area is 128 Å². The van der Waals surface area contributed by atoms with E-state index in [-0.39, 0.29) is 5.56 Å². The van der Waals surface area contributed by atoms with E-state index in [1.165, 1.54) is 15.8 Å². The first-order valence-corrected chi connectivity index (χ1v) is 7.17. The van der Waals surface area contributed by atoms with Crippen molar-refractivity contribution >= 4 is 10.9 Å². The van der Waals surface area contributed by atoms with Crippen molar-refractivity contribution in [2.75, 3.05) is 0 Å². The van der Waals surface area contributed by atoms with Crippen LogP contribution in [0.2, 0.25) is 0 Å². The molecule has 0 N–H and O–H groups in total. The molecule has 0 aliphatic rings. The number of aromatic nitrogens is 4.